The summed E-state index contributed by atoms with van der Waals surface area (Å²) in [5.41, 5.74) is 2.73. The van der Waals surface area contributed by atoms with Crippen LogP contribution in [-0.2, 0) is 6.54 Å². The first kappa shape index (κ1) is 18.1. The second-order valence-electron chi connectivity index (χ2n) is 6.29. The number of rotatable bonds is 5. The summed E-state index contributed by atoms with van der Waals surface area (Å²) in [6.45, 7) is 0.546. The molecule has 0 unspecified atom stereocenters. The maximum Gasteiger partial charge on any atom is 0.332 e. The van der Waals surface area contributed by atoms with Gasteiger partial charge in [0, 0.05) is 12.1 Å². The molecular weight excluding hydrogens is 377 g/mol. The molecule has 4 aromatic rings. The molecule has 0 aliphatic rings. The fourth-order valence-corrected chi connectivity index (χ4v) is 3.26. The quantitative estimate of drug-likeness (QED) is 0.487. The number of anilines is 1. The summed E-state index contributed by atoms with van der Waals surface area (Å²) < 4.78 is 15.1. The third-order valence-corrected chi connectivity index (χ3v) is 4.71. The van der Waals surface area contributed by atoms with Crippen LogP contribution in [0.4, 0.5) is 10.2 Å². The van der Waals surface area contributed by atoms with Gasteiger partial charge in [0.25, 0.3) is 0 Å². The fourth-order valence-electron chi connectivity index (χ4n) is 3.09. The van der Waals surface area contributed by atoms with Gasteiger partial charge in [0.1, 0.15) is 11.6 Å². The van der Waals surface area contributed by atoms with Gasteiger partial charge in [-0.3, -0.25) is 9.55 Å². The Kier molecular flexibility index (Phi) is 5.00. The van der Waals surface area contributed by atoms with Crippen molar-refractivity contribution in [1.29, 1.82) is 0 Å². The maximum absolute atomic E-state index is 13.6. The number of H-pyrrole nitrogens is 1. The Balaban J connectivity index is 1.83. The zero-order chi connectivity index (χ0) is 19.5. The van der Waals surface area contributed by atoms with Gasteiger partial charge in [0.15, 0.2) is 0 Å². The highest BCUT2D eigenvalue weighted by atomic mass is 35.5. The number of benzene rings is 3. The smallest absolute Gasteiger partial charge is 0.332 e. The van der Waals surface area contributed by atoms with Gasteiger partial charge < -0.3 is 5.32 Å². The number of imidazole rings is 1. The average Bonchev–Trinajstić information content (AvgIpc) is 3.06. The van der Waals surface area contributed by atoms with Gasteiger partial charge in [-0.05, 0) is 23.8 Å². The molecule has 0 spiro atoms. The SMILES string of the molecule is O=c1[nH]c(NCc2ccccc2)c(-c2ccccc2)n1-c1ccc(F)c(Cl)c1. The average molecular weight is 394 g/mol. The van der Waals surface area contributed by atoms with E-state index in [1.54, 1.807) is 0 Å². The Hall–Kier alpha value is -3.31. The Labute approximate surface area is 166 Å². The lowest BCUT2D eigenvalue weighted by atomic mass is 10.1. The summed E-state index contributed by atoms with van der Waals surface area (Å²) in [4.78, 5) is 15.6. The summed E-state index contributed by atoms with van der Waals surface area (Å²) in [6, 6.07) is 23.6. The zero-order valence-electron chi connectivity index (χ0n) is 14.8. The van der Waals surface area contributed by atoms with Crippen molar-refractivity contribution < 1.29 is 4.39 Å². The van der Waals surface area contributed by atoms with Crippen molar-refractivity contribution in [3.8, 4) is 16.9 Å². The molecular formula is C22H17ClFN3O. The van der Waals surface area contributed by atoms with Gasteiger partial charge in [0.2, 0.25) is 0 Å². The van der Waals surface area contributed by atoms with E-state index in [2.05, 4.69) is 10.3 Å². The molecule has 6 heteroatoms. The van der Waals surface area contributed by atoms with Crippen molar-refractivity contribution in [2.75, 3.05) is 5.32 Å². The summed E-state index contributed by atoms with van der Waals surface area (Å²) >= 11 is 5.95. The van der Waals surface area contributed by atoms with Gasteiger partial charge in [-0.25, -0.2) is 9.18 Å². The van der Waals surface area contributed by atoms with E-state index in [9.17, 15) is 9.18 Å². The highest BCUT2D eigenvalue weighted by Crippen LogP contribution is 2.29. The predicted octanol–water partition coefficient (Wildman–Crippen LogP) is 5.24. The van der Waals surface area contributed by atoms with Gasteiger partial charge in [0.05, 0.1) is 16.4 Å². The van der Waals surface area contributed by atoms with Crippen molar-refractivity contribution in [2.45, 2.75) is 6.54 Å². The van der Waals surface area contributed by atoms with Crippen LogP contribution in [0.25, 0.3) is 16.9 Å². The molecule has 0 amide bonds. The van der Waals surface area contributed by atoms with Crippen LogP contribution < -0.4 is 11.0 Å². The van der Waals surface area contributed by atoms with Crippen molar-refractivity contribution in [1.82, 2.24) is 9.55 Å². The maximum atomic E-state index is 13.6. The number of nitrogens with one attached hydrogen (secondary N) is 2. The number of halogens is 2. The number of aromatic nitrogens is 2. The molecule has 4 rings (SSSR count). The molecule has 3 aromatic carbocycles. The van der Waals surface area contributed by atoms with E-state index in [0.717, 1.165) is 11.1 Å². The number of hydrogen-bond donors (Lipinski definition) is 2. The molecule has 140 valence electrons. The van der Waals surface area contributed by atoms with Gasteiger partial charge in [-0.2, -0.15) is 0 Å². The van der Waals surface area contributed by atoms with E-state index in [-0.39, 0.29) is 10.7 Å². The molecule has 0 atom stereocenters. The summed E-state index contributed by atoms with van der Waals surface area (Å²) in [5, 5.41) is 3.26. The van der Waals surface area contributed by atoms with Gasteiger partial charge in [-0.15, -0.1) is 0 Å². The zero-order valence-corrected chi connectivity index (χ0v) is 15.6. The van der Waals surface area contributed by atoms with Crippen molar-refractivity contribution >= 4 is 17.4 Å². The van der Waals surface area contributed by atoms with Crippen molar-refractivity contribution in [2.24, 2.45) is 0 Å². The van der Waals surface area contributed by atoms with Crippen LogP contribution in [0.5, 0.6) is 0 Å². The highest BCUT2D eigenvalue weighted by molar-refractivity contribution is 6.30. The Morgan fingerprint density at radius 2 is 1.64 bits per heavy atom. The Morgan fingerprint density at radius 3 is 2.32 bits per heavy atom. The van der Waals surface area contributed by atoms with Gasteiger partial charge in [-0.1, -0.05) is 72.3 Å². The minimum absolute atomic E-state index is 0.0385. The first-order chi connectivity index (χ1) is 13.6. The molecule has 0 radical (unpaired) electrons. The minimum Gasteiger partial charge on any atom is -0.366 e. The summed E-state index contributed by atoms with van der Waals surface area (Å²) in [5.74, 6) is 0.0539. The van der Waals surface area contributed by atoms with Crippen LogP contribution >= 0.6 is 11.6 Å². The van der Waals surface area contributed by atoms with E-state index in [1.165, 1.54) is 22.8 Å². The summed E-state index contributed by atoms with van der Waals surface area (Å²) in [7, 11) is 0. The van der Waals surface area contributed by atoms with Crippen LogP contribution in [0.1, 0.15) is 5.56 Å². The van der Waals surface area contributed by atoms with E-state index in [4.69, 9.17) is 11.6 Å². The standard InChI is InChI=1S/C22H17ClFN3O/c23-18-13-17(11-12-19(18)24)27-20(16-9-5-2-6-10-16)21(26-22(27)28)25-14-15-7-3-1-4-8-15/h1-13,25H,14H2,(H,26,28). The molecule has 0 bridgehead atoms. The lowest BCUT2D eigenvalue weighted by Gasteiger charge is -2.12. The van der Waals surface area contributed by atoms with Crippen LogP contribution in [0.15, 0.2) is 83.7 Å². The van der Waals surface area contributed by atoms with E-state index < -0.39 is 5.82 Å². The molecule has 1 aromatic heterocycles. The second-order valence-corrected chi connectivity index (χ2v) is 6.70. The van der Waals surface area contributed by atoms with E-state index >= 15 is 0 Å². The lowest BCUT2D eigenvalue weighted by Crippen LogP contribution is -2.15. The normalized spacial score (nSPS) is 10.8. The summed E-state index contributed by atoms with van der Waals surface area (Å²) in [6.07, 6.45) is 0. The number of nitrogens with zero attached hydrogens (tertiary/aromatic N) is 1. The van der Waals surface area contributed by atoms with Gasteiger partial charge >= 0.3 is 5.69 Å². The van der Waals surface area contributed by atoms with Crippen LogP contribution in [-0.4, -0.2) is 9.55 Å². The molecule has 0 aliphatic heterocycles. The Morgan fingerprint density at radius 1 is 0.964 bits per heavy atom. The molecule has 28 heavy (non-hydrogen) atoms. The first-order valence-corrected chi connectivity index (χ1v) is 9.15. The molecule has 4 nitrogen and oxygen atoms in total. The molecule has 2 N–H and O–H groups in total. The molecule has 0 aliphatic carbocycles. The molecule has 1 heterocycles. The third-order valence-electron chi connectivity index (χ3n) is 4.42. The minimum atomic E-state index is -0.530. The van der Waals surface area contributed by atoms with Crippen molar-refractivity contribution in [3.05, 3.63) is 106 Å². The largest absolute Gasteiger partial charge is 0.366 e. The number of hydrogen-bond acceptors (Lipinski definition) is 2. The third kappa shape index (κ3) is 3.57. The number of aromatic amines is 1. The fraction of sp³-hybridized carbons (Fsp3) is 0.0455. The van der Waals surface area contributed by atoms with Crippen LogP contribution in [0, 0.1) is 5.82 Å². The molecule has 0 saturated carbocycles. The molecule has 0 saturated heterocycles. The lowest BCUT2D eigenvalue weighted by molar-refractivity contribution is 0.628. The monoisotopic (exact) mass is 393 g/mol. The van der Waals surface area contributed by atoms with E-state index in [0.29, 0.717) is 23.7 Å². The first-order valence-electron chi connectivity index (χ1n) is 8.77. The van der Waals surface area contributed by atoms with Crippen LogP contribution in [0.2, 0.25) is 5.02 Å². The van der Waals surface area contributed by atoms with E-state index in [1.807, 2.05) is 60.7 Å². The molecule has 0 fully saturated rings. The second kappa shape index (κ2) is 7.74. The highest BCUT2D eigenvalue weighted by Gasteiger charge is 2.18. The Bertz CT molecular complexity index is 1150. The van der Waals surface area contributed by atoms with Crippen molar-refractivity contribution in [3.63, 3.8) is 0 Å². The van der Waals surface area contributed by atoms with Crippen LogP contribution in [0.3, 0.4) is 0 Å². The topological polar surface area (TPSA) is 49.8 Å². The predicted molar refractivity (Wildman–Crippen MR) is 111 cm³/mol.